The number of hydrogen-bond donors (Lipinski definition) is 3. The highest BCUT2D eigenvalue weighted by Gasteiger charge is 2.31. The summed E-state index contributed by atoms with van der Waals surface area (Å²) in [6.45, 7) is 3.38. The molecule has 1 aromatic rings. The zero-order valence-corrected chi connectivity index (χ0v) is 15.1. The summed E-state index contributed by atoms with van der Waals surface area (Å²) < 4.78 is 0. The van der Waals surface area contributed by atoms with E-state index in [0.717, 1.165) is 30.4 Å². The third kappa shape index (κ3) is 4.83. The monoisotopic (exact) mass is 339 g/mol. The molecule has 3 N–H and O–H groups in total. The fourth-order valence-electron chi connectivity index (χ4n) is 2.38. The number of aryl methyl sites for hydroxylation is 1. The van der Waals surface area contributed by atoms with Gasteiger partial charge in [0, 0.05) is 30.8 Å². The Bertz CT molecular complexity index is 528. The highest BCUT2D eigenvalue weighted by Crippen LogP contribution is 2.27. The highest BCUT2D eigenvalue weighted by molar-refractivity contribution is 7.99. The van der Waals surface area contributed by atoms with E-state index in [1.54, 1.807) is 30.6 Å². The minimum absolute atomic E-state index is 0.545. The predicted molar refractivity (Wildman–Crippen MR) is 98.1 cm³/mol. The predicted octanol–water partition coefficient (Wildman–Crippen LogP) is 2.25. The maximum Gasteiger partial charge on any atom is 0.191 e. The molecule has 1 fully saturated rings. The van der Waals surface area contributed by atoms with Crippen molar-refractivity contribution in [3.8, 4) is 0 Å². The molecular formula is C16H25N3OS2. The normalized spacial score (nSPS) is 21.9. The second kappa shape index (κ2) is 8.13. The first-order chi connectivity index (χ1) is 10.6. The minimum atomic E-state index is -0.601. The van der Waals surface area contributed by atoms with Crippen molar-refractivity contribution in [2.75, 3.05) is 31.4 Å². The molecule has 6 heteroatoms. The molecule has 0 radical (unpaired) electrons. The Balaban J connectivity index is 1.88. The SMILES string of the molecule is CN=C(NCc1ccc(C)cc1SC)NCC1(O)CCSC1. The Morgan fingerprint density at radius 2 is 2.27 bits per heavy atom. The summed E-state index contributed by atoms with van der Waals surface area (Å²) in [5.41, 5.74) is 1.93. The van der Waals surface area contributed by atoms with E-state index in [2.05, 4.69) is 47.0 Å². The van der Waals surface area contributed by atoms with Gasteiger partial charge in [-0.25, -0.2) is 0 Å². The fraction of sp³-hybridized carbons (Fsp3) is 0.562. The van der Waals surface area contributed by atoms with Crippen molar-refractivity contribution in [1.82, 2.24) is 10.6 Å². The van der Waals surface area contributed by atoms with Crippen molar-refractivity contribution in [2.45, 2.75) is 30.4 Å². The molecule has 0 aliphatic carbocycles. The molecule has 0 spiro atoms. The van der Waals surface area contributed by atoms with Gasteiger partial charge in [0.05, 0.1) is 5.60 Å². The maximum atomic E-state index is 10.4. The van der Waals surface area contributed by atoms with E-state index in [1.165, 1.54) is 16.0 Å². The van der Waals surface area contributed by atoms with Crippen LogP contribution in [0, 0.1) is 6.92 Å². The molecular weight excluding hydrogens is 314 g/mol. The van der Waals surface area contributed by atoms with Gasteiger partial charge in [-0.15, -0.1) is 11.8 Å². The van der Waals surface area contributed by atoms with Crippen molar-refractivity contribution < 1.29 is 5.11 Å². The Kier molecular flexibility index (Phi) is 6.47. The van der Waals surface area contributed by atoms with Crippen LogP contribution in [0.25, 0.3) is 0 Å². The Hall–Kier alpha value is -0.850. The lowest BCUT2D eigenvalue weighted by atomic mass is 10.0. The minimum Gasteiger partial charge on any atom is -0.387 e. The van der Waals surface area contributed by atoms with E-state index in [-0.39, 0.29) is 0 Å². The van der Waals surface area contributed by atoms with Crippen LogP contribution in [0.3, 0.4) is 0 Å². The second-order valence-corrected chi connectivity index (χ2v) is 7.57. The van der Waals surface area contributed by atoms with Crippen LogP contribution in [0.4, 0.5) is 0 Å². The maximum absolute atomic E-state index is 10.4. The van der Waals surface area contributed by atoms with Crippen molar-refractivity contribution in [3.63, 3.8) is 0 Å². The van der Waals surface area contributed by atoms with E-state index in [4.69, 9.17) is 0 Å². The van der Waals surface area contributed by atoms with Gasteiger partial charge in [-0.1, -0.05) is 12.1 Å². The Morgan fingerprint density at radius 3 is 2.91 bits per heavy atom. The van der Waals surface area contributed by atoms with Crippen molar-refractivity contribution in [1.29, 1.82) is 0 Å². The Labute approximate surface area is 141 Å². The summed E-state index contributed by atoms with van der Waals surface area (Å²) in [7, 11) is 1.76. The summed E-state index contributed by atoms with van der Waals surface area (Å²) >= 11 is 3.56. The lowest BCUT2D eigenvalue weighted by Crippen LogP contribution is -2.47. The first-order valence-electron chi connectivity index (χ1n) is 7.44. The molecule has 1 aliphatic heterocycles. The van der Waals surface area contributed by atoms with Crippen LogP contribution in [-0.4, -0.2) is 48.0 Å². The molecule has 0 aromatic heterocycles. The van der Waals surface area contributed by atoms with Crippen molar-refractivity contribution in [2.24, 2.45) is 4.99 Å². The number of thioether (sulfide) groups is 2. The van der Waals surface area contributed by atoms with E-state index in [1.807, 2.05) is 0 Å². The standard InChI is InChI=1S/C16H25N3OS2/c1-12-4-5-13(14(8-12)21-3)9-18-15(17-2)19-10-16(20)6-7-22-11-16/h4-5,8,20H,6-7,9-11H2,1-3H3,(H2,17,18,19). The van der Waals surface area contributed by atoms with Crippen LogP contribution < -0.4 is 10.6 Å². The van der Waals surface area contributed by atoms with E-state index >= 15 is 0 Å². The average Bonchev–Trinajstić information content (AvgIpc) is 2.95. The molecule has 1 unspecified atom stereocenters. The summed E-state index contributed by atoms with van der Waals surface area (Å²) in [5, 5.41) is 16.9. The first-order valence-corrected chi connectivity index (χ1v) is 9.82. The molecule has 0 amide bonds. The zero-order chi connectivity index (χ0) is 16.0. The number of hydrogen-bond acceptors (Lipinski definition) is 4. The molecule has 1 aliphatic rings. The van der Waals surface area contributed by atoms with E-state index in [9.17, 15) is 5.11 Å². The molecule has 1 heterocycles. The van der Waals surface area contributed by atoms with Gasteiger partial charge in [0.1, 0.15) is 0 Å². The summed E-state index contributed by atoms with van der Waals surface area (Å²) in [5.74, 6) is 2.56. The van der Waals surface area contributed by atoms with Gasteiger partial charge in [-0.2, -0.15) is 11.8 Å². The topological polar surface area (TPSA) is 56.7 Å². The number of nitrogens with zero attached hydrogens (tertiary/aromatic N) is 1. The third-order valence-corrected chi connectivity index (χ3v) is 5.83. The molecule has 0 saturated carbocycles. The number of aliphatic imine (C=N–C) groups is 1. The van der Waals surface area contributed by atoms with Crippen LogP contribution in [-0.2, 0) is 6.54 Å². The first kappa shape index (κ1) is 17.5. The van der Waals surface area contributed by atoms with Gasteiger partial charge in [0.15, 0.2) is 5.96 Å². The number of aliphatic hydroxyl groups is 1. The molecule has 2 rings (SSSR count). The number of benzene rings is 1. The molecule has 22 heavy (non-hydrogen) atoms. The number of rotatable bonds is 5. The van der Waals surface area contributed by atoms with E-state index < -0.39 is 5.60 Å². The highest BCUT2D eigenvalue weighted by atomic mass is 32.2. The van der Waals surface area contributed by atoms with Gasteiger partial charge < -0.3 is 15.7 Å². The van der Waals surface area contributed by atoms with E-state index in [0.29, 0.717) is 6.54 Å². The molecule has 1 atom stereocenters. The zero-order valence-electron chi connectivity index (χ0n) is 13.5. The van der Waals surface area contributed by atoms with Gasteiger partial charge in [0.2, 0.25) is 0 Å². The summed E-state index contributed by atoms with van der Waals surface area (Å²) in [6, 6.07) is 6.49. The summed E-state index contributed by atoms with van der Waals surface area (Å²) in [6.07, 6.45) is 2.94. The second-order valence-electron chi connectivity index (χ2n) is 5.62. The van der Waals surface area contributed by atoms with Gasteiger partial charge in [-0.3, -0.25) is 4.99 Å². The van der Waals surface area contributed by atoms with Crippen LogP contribution in [0.1, 0.15) is 17.5 Å². The van der Waals surface area contributed by atoms with Crippen LogP contribution >= 0.6 is 23.5 Å². The molecule has 1 saturated heterocycles. The largest absolute Gasteiger partial charge is 0.387 e. The lowest BCUT2D eigenvalue weighted by molar-refractivity contribution is 0.0724. The average molecular weight is 340 g/mol. The molecule has 0 bridgehead atoms. The lowest BCUT2D eigenvalue weighted by Gasteiger charge is -2.23. The number of nitrogens with one attached hydrogen (secondary N) is 2. The number of guanidine groups is 1. The fourth-order valence-corrected chi connectivity index (χ4v) is 4.38. The smallest absolute Gasteiger partial charge is 0.191 e. The third-order valence-electron chi connectivity index (χ3n) is 3.78. The van der Waals surface area contributed by atoms with Gasteiger partial charge >= 0.3 is 0 Å². The molecule has 122 valence electrons. The summed E-state index contributed by atoms with van der Waals surface area (Å²) in [4.78, 5) is 5.52. The van der Waals surface area contributed by atoms with Crippen molar-refractivity contribution in [3.05, 3.63) is 29.3 Å². The van der Waals surface area contributed by atoms with Crippen LogP contribution in [0.2, 0.25) is 0 Å². The van der Waals surface area contributed by atoms with Gasteiger partial charge in [-0.05, 0) is 42.5 Å². The molecule has 1 aromatic carbocycles. The van der Waals surface area contributed by atoms with Gasteiger partial charge in [0.25, 0.3) is 0 Å². The van der Waals surface area contributed by atoms with Crippen LogP contribution in [0.15, 0.2) is 28.1 Å². The van der Waals surface area contributed by atoms with Crippen molar-refractivity contribution >= 4 is 29.5 Å². The quantitative estimate of drug-likeness (QED) is 0.436. The molecule has 4 nitrogen and oxygen atoms in total. The Morgan fingerprint density at radius 1 is 1.45 bits per heavy atom. The van der Waals surface area contributed by atoms with Crippen LogP contribution in [0.5, 0.6) is 0 Å².